The molecule has 1 nitrogen and oxygen atoms in total. The molecule has 2 aromatic rings. The van der Waals surface area contributed by atoms with Crippen LogP contribution < -0.4 is 0 Å². The van der Waals surface area contributed by atoms with Crippen LogP contribution in [-0.4, -0.2) is 4.98 Å². The lowest BCUT2D eigenvalue weighted by atomic mass is 10.0. The second-order valence-electron chi connectivity index (χ2n) is 4.13. The zero-order valence-electron chi connectivity index (χ0n) is 9.06. The van der Waals surface area contributed by atoms with E-state index in [2.05, 4.69) is 41.4 Å². The average molecular weight is 207 g/mol. The third-order valence-corrected chi connectivity index (χ3v) is 3.05. The Morgan fingerprint density at radius 3 is 2.88 bits per heavy atom. The predicted molar refractivity (Wildman–Crippen MR) is 66.1 cm³/mol. The number of benzene rings is 1. The molecule has 0 amide bonds. The van der Waals surface area contributed by atoms with Gasteiger partial charge in [0, 0.05) is 12.4 Å². The highest BCUT2D eigenvalue weighted by Crippen LogP contribution is 2.29. The van der Waals surface area contributed by atoms with Crippen molar-refractivity contribution < 1.29 is 0 Å². The van der Waals surface area contributed by atoms with Gasteiger partial charge in [-0.05, 0) is 41.2 Å². The maximum absolute atomic E-state index is 4.16. The van der Waals surface area contributed by atoms with Crippen molar-refractivity contribution >= 4 is 5.57 Å². The highest BCUT2D eigenvalue weighted by Gasteiger charge is 2.12. The molecule has 78 valence electrons. The van der Waals surface area contributed by atoms with E-state index in [1.807, 2.05) is 18.5 Å². The topological polar surface area (TPSA) is 12.9 Å². The molecule has 1 aliphatic rings. The van der Waals surface area contributed by atoms with Crippen molar-refractivity contribution in [2.24, 2.45) is 0 Å². The molecule has 0 bridgehead atoms. The number of fused-ring (bicyclic) bond motifs is 1. The fraction of sp³-hybridized carbons (Fsp3) is 0.133. The normalized spacial score (nSPS) is 13.4. The van der Waals surface area contributed by atoms with E-state index in [0.717, 1.165) is 12.8 Å². The molecule has 0 saturated heterocycles. The minimum atomic E-state index is 0.991. The molecule has 0 atom stereocenters. The molecule has 0 saturated carbocycles. The number of allylic oxidation sites excluding steroid dienone is 2. The molecule has 1 heterocycles. The number of nitrogens with zero attached hydrogens (tertiary/aromatic N) is 1. The maximum atomic E-state index is 4.16. The van der Waals surface area contributed by atoms with Crippen LogP contribution in [0.1, 0.15) is 16.7 Å². The third kappa shape index (κ3) is 1.65. The zero-order valence-corrected chi connectivity index (χ0v) is 9.06. The lowest BCUT2D eigenvalue weighted by Crippen LogP contribution is -1.89. The minimum absolute atomic E-state index is 0.991. The Bertz CT molecular complexity index is 526. The summed E-state index contributed by atoms with van der Waals surface area (Å²) in [5.41, 5.74) is 5.57. The number of aromatic nitrogens is 1. The molecule has 3 rings (SSSR count). The van der Waals surface area contributed by atoms with Crippen LogP contribution in [0.4, 0.5) is 0 Å². The Labute approximate surface area is 95.5 Å². The molecular weight excluding hydrogens is 194 g/mol. The molecule has 1 aliphatic carbocycles. The van der Waals surface area contributed by atoms with Gasteiger partial charge in [-0.15, -0.1) is 0 Å². The molecule has 0 N–H and O–H groups in total. The summed E-state index contributed by atoms with van der Waals surface area (Å²) in [5, 5.41) is 0. The average Bonchev–Trinajstić information content (AvgIpc) is 2.74. The second kappa shape index (κ2) is 3.93. The zero-order chi connectivity index (χ0) is 10.8. The minimum Gasteiger partial charge on any atom is -0.264 e. The summed E-state index contributed by atoms with van der Waals surface area (Å²) in [5.74, 6) is 0. The molecule has 1 aromatic heterocycles. The van der Waals surface area contributed by atoms with Crippen LogP contribution in [-0.2, 0) is 12.8 Å². The van der Waals surface area contributed by atoms with E-state index >= 15 is 0 Å². The van der Waals surface area contributed by atoms with E-state index in [-0.39, 0.29) is 0 Å². The van der Waals surface area contributed by atoms with Gasteiger partial charge in [0.25, 0.3) is 0 Å². The van der Waals surface area contributed by atoms with Crippen molar-refractivity contribution in [1.82, 2.24) is 4.98 Å². The highest BCUT2D eigenvalue weighted by molar-refractivity contribution is 5.74. The van der Waals surface area contributed by atoms with Crippen molar-refractivity contribution in [2.75, 3.05) is 0 Å². The van der Waals surface area contributed by atoms with Gasteiger partial charge >= 0.3 is 0 Å². The Balaban J connectivity index is 1.89. The van der Waals surface area contributed by atoms with Crippen LogP contribution in [0.3, 0.4) is 0 Å². The van der Waals surface area contributed by atoms with Crippen molar-refractivity contribution in [1.29, 1.82) is 0 Å². The predicted octanol–water partition coefficient (Wildman–Crippen LogP) is 3.26. The second-order valence-corrected chi connectivity index (χ2v) is 4.13. The van der Waals surface area contributed by atoms with Gasteiger partial charge in [0.2, 0.25) is 0 Å². The summed E-state index contributed by atoms with van der Waals surface area (Å²) in [6.45, 7) is 0. The standard InChI is InChI=1S/C15H13N/c1-2-6-15-13(5-1)7-8-14(15)10-12-4-3-9-16-11-12/h1-6,8-9,11H,7,10H2. The first kappa shape index (κ1) is 9.34. The Kier molecular flexibility index (Phi) is 2.30. The molecular formula is C15H13N. The van der Waals surface area contributed by atoms with E-state index in [1.165, 1.54) is 22.3 Å². The third-order valence-electron chi connectivity index (χ3n) is 3.05. The van der Waals surface area contributed by atoms with Crippen molar-refractivity contribution in [3.8, 4) is 0 Å². The van der Waals surface area contributed by atoms with Gasteiger partial charge in [0.15, 0.2) is 0 Å². The quantitative estimate of drug-likeness (QED) is 0.736. The van der Waals surface area contributed by atoms with Crippen LogP contribution in [0.5, 0.6) is 0 Å². The summed E-state index contributed by atoms with van der Waals surface area (Å²) >= 11 is 0. The lowest BCUT2D eigenvalue weighted by molar-refractivity contribution is 1.20. The van der Waals surface area contributed by atoms with Gasteiger partial charge in [-0.2, -0.15) is 0 Å². The van der Waals surface area contributed by atoms with E-state index in [0.29, 0.717) is 0 Å². The number of rotatable bonds is 2. The SMILES string of the molecule is C1=C(Cc2cccnc2)c2ccccc2C1. The highest BCUT2D eigenvalue weighted by atomic mass is 14.6. The van der Waals surface area contributed by atoms with Gasteiger partial charge in [-0.25, -0.2) is 0 Å². The van der Waals surface area contributed by atoms with Crippen LogP contribution in [0, 0.1) is 0 Å². The fourth-order valence-electron chi connectivity index (χ4n) is 2.24. The van der Waals surface area contributed by atoms with Crippen molar-refractivity contribution in [3.05, 3.63) is 71.6 Å². The van der Waals surface area contributed by atoms with Gasteiger partial charge in [-0.1, -0.05) is 36.4 Å². The molecule has 0 fully saturated rings. The van der Waals surface area contributed by atoms with E-state index < -0.39 is 0 Å². The van der Waals surface area contributed by atoms with Gasteiger partial charge in [-0.3, -0.25) is 4.98 Å². The molecule has 1 heteroatoms. The van der Waals surface area contributed by atoms with Gasteiger partial charge < -0.3 is 0 Å². The maximum Gasteiger partial charge on any atom is 0.0303 e. The molecule has 0 radical (unpaired) electrons. The summed E-state index contributed by atoms with van der Waals surface area (Å²) in [6, 6.07) is 12.8. The van der Waals surface area contributed by atoms with Crippen LogP contribution in [0.2, 0.25) is 0 Å². The van der Waals surface area contributed by atoms with E-state index in [1.54, 1.807) is 0 Å². The molecule has 0 unspecified atom stereocenters. The Morgan fingerprint density at radius 1 is 1.06 bits per heavy atom. The molecule has 1 aromatic carbocycles. The number of hydrogen-bond acceptors (Lipinski definition) is 1. The number of hydrogen-bond donors (Lipinski definition) is 0. The van der Waals surface area contributed by atoms with Gasteiger partial charge in [0.1, 0.15) is 0 Å². The Hall–Kier alpha value is -1.89. The van der Waals surface area contributed by atoms with Crippen LogP contribution >= 0.6 is 0 Å². The Morgan fingerprint density at radius 2 is 2.00 bits per heavy atom. The van der Waals surface area contributed by atoms with Crippen LogP contribution in [0.15, 0.2) is 54.9 Å². The lowest BCUT2D eigenvalue weighted by Gasteiger charge is -2.05. The molecule has 16 heavy (non-hydrogen) atoms. The van der Waals surface area contributed by atoms with Gasteiger partial charge in [0.05, 0.1) is 0 Å². The van der Waals surface area contributed by atoms with Crippen molar-refractivity contribution in [3.63, 3.8) is 0 Å². The molecule has 0 spiro atoms. The monoisotopic (exact) mass is 207 g/mol. The summed E-state index contributed by atoms with van der Waals surface area (Å²) in [7, 11) is 0. The fourth-order valence-corrected chi connectivity index (χ4v) is 2.24. The largest absolute Gasteiger partial charge is 0.264 e. The first-order valence-corrected chi connectivity index (χ1v) is 5.60. The van der Waals surface area contributed by atoms with E-state index in [9.17, 15) is 0 Å². The smallest absolute Gasteiger partial charge is 0.0303 e. The first-order chi connectivity index (χ1) is 7.93. The summed E-state index contributed by atoms with van der Waals surface area (Å²) < 4.78 is 0. The van der Waals surface area contributed by atoms with E-state index in [4.69, 9.17) is 0 Å². The van der Waals surface area contributed by atoms with Crippen LogP contribution in [0.25, 0.3) is 5.57 Å². The number of pyridine rings is 1. The summed E-state index contributed by atoms with van der Waals surface area (Å²) in [4.78, 5) is 4.16. The van der Waals surface area contributed by atoms with Crippen molar-refractivity contribution in [2.45, 2.75) is 12.8 Å². The first-order valence-electron chi connectivity index (χ1n) is 5.60. The molecule has 0 aliphatic heterocycles. The summed E-state index contributed by atoms with van der Waals surface area (Å²) in [6.07, 6.45) is 8.16.